The number of hydrogen-bond donors (Lipinski definition) is 1. The fourth-order valence-electron chi connectivity index (χ4n) is 2.20. The summed E-state index contributed by atoms with van der Waals surface area (Å²) in [5, 5.41) is 9.00. The monoisotopic (exact) mass is 253 g/mol. The van der Waals surface area contributed by atoms with Gasteiger partial charge in [0.1, 0.15) is 5.82 Å². The molecule has 1 N–H and O–H groups in total. The number of aliphatic carboxylic acids is 1. The first-order valence-corrected chi connectivity index (χ1v) is 5.96. The molecule has 1 unspecified atom stereocenters. The Hall–Kier alpha value is -1.46. The lowest BCUT2D eigenvalue weighted by molar-refractivity contribution is -0.139. The molecule has 4 nitrogen and oxygen atoms in total. The van der Waals surface area contributed by atoms with Crippen LogP contribution in [-0.2, 0) is 9.53 Å². The first-order chi connectivity index (χ1) is 8.66. The van der Waals surface area contributed by atoms with Crippen LogP contribution < -0.4 is 0 Å². The van der Waals surface area contributed by atoms with Crippen LogP contribution in [0.1, 0.15) is 18.0 Å². The summed E-state index contributed by atoms with van der Waals surface area (Å²) in [6.45, 7) is 2.62. The molecule has 1 heterocycles. The van der Waals surface area contributed by atoms with Gasteiger partial charge in [-0.2, -0.15) is 0 Å². The molecule has 0 radical (unpaired) electrons. The van der Waals surface area contributed by atoms with E-state index in [1.165, 1.54) is 12.1 Å². The molecule has 1 aliphatic rings. The van der Waals surface area contributed by atoms with Crippen LogP contribution in [0.15, 0.2) is 24.3 Å². The Morgan fingerprint density at radius 2 is 1.94 bits per heavy atom. The van der Waals surface area contributed by atoms with Crippen LogP contribution in [0.25, 0.3) is 0 Å². The Balaban J connectivity index is 2.17. The Morgan fingerprint density at radius 3 is 2.50 bits per heavy atom. The summed E-state index contributed by atoms with van der Waals surface area (Å²) in [5.74, 6) is -1.16. The molecule has 0 amide bonds. The smallest absolute Gasteiger partial charge is 0.305 e. The summed E-state index contributed by atoms with van der Waals surface area (Å²) in [7, 11) is 0. The first-order valence-electron chi connectivity index (χ1n) is 5.96. The molecule has 0 saturated carbocycles. The molecule has 1 aliphatic heterocycles. The second-order valence-corrected chi connectivity index (χ2v) is 4.31. The quantitative estimate of drug-likeness (QED) is 0.886. The van der Waals surface area contributed by atoms with Gasteiger partial charge in [-0.1, -0.05) is 12.1 Å². The van der Waals surface area contributed by atoms with Crippen molar-refractivity contribution in [3.8, 4) is 0 Å². The first kappa shape index (κ1) is 13.0. The lowest BCUT2D eigenvalue weighted by Gasteiger charge is -2.34. The minimum atomic E-state index is -0.851. The maximum Gasteiger partial charge on any atom is 0.305 e. The number of benzene rings is 1. The third-order valence-corrected chi connectivity index (χ3v) is 3.11. The van der Waals surface area contributed by atoms with Crippen LogP contribution in [0.5, 0.6) is 0 Å². The van der Waals surface area contributed by atoms with Gasteiger partial charge in [0.05, 0.1) is 19.6 Å². The number of carbonyl (C=O) groups is 1. The summed E-state index contributed by atoms with van der Waals surface area (Å²) >= 11 is 0. The van der Waals surface area contributed by atoms with Crippen molar-refractivity contribution in [2.45, 2.75) is 12.5 Å². The largest absolute Gasteiger partial charge is 0.481 e. The van der Waals surface area contributed by atoms with Crippen LogP contribution in [0.2, 0.25) is 0 Å². The van der Waals surface area contributed by atoms with E-state index < -0.39 is 5.97 Å². The Kier molecular flexibility index (Phi) is 4.28. The van der Waals surface area contributed by atoms with E-state index in [0.29, 0.717) is 26.3 Å². The highest BCUT2D eigenvalue weighted by molar-refractivity contribution is 5.68. The van der Waals surface area contributed by atoms with Crippen molar-refractivity contribution in [2.24, 2.45) is 0 Å². The predicted molar refractivity (Wildman–Crippen MR) is 63.8 cm³/mol. The van der Waals surface area contributed by atoms with E-state index in [1.54, 1.807) is 12.1 Å². The number of hydrogen-bond acceptors (Lipinski definition) is 3. The zero-order valence-corrected chi connectivity index (χ0v) is 10.0. The van der Waals surface area contributed by atoms with Crippen LogP contribution in [-0.4, -0.2) is 42.3 Å². The molecule has 1 aromatic rings. The maximum atomic E-state index is 12.9. The third kappa shape index (κ3) is 3.27. The molecule has 5 heteroatoms. The summed E-state index contributed by atoms with van der Waals surface area (Å²) in [6, 6.07) is 5.82. The Bertz CT molecular complexity index is 401. The highest BCUT2D eigenvalue weighted by Crippen LogP contribution is 2.25. The van der Waals surface area contributed by atoms with E-state index in [4.69, 9.17) is 9.84 Å². The van der Waals surface area contributed by atoms with Gasteiger partial charge in [0.25, 0.3) is 0 Å². The summed E-state index contributed by atoms with van der Waals surface area (Å²) in [4.78, 5) is 13.0. The molecule has 0 aromatic heterocycles. The molecule has 1 aromatic carbocycles. The second-order valence-electron chi connectivity index (χ2n) is 4.31. The fraction of sp³-hybridized carbons (Fsp3) is 0.462. The van der Waals surface area contributed by atoms with Crippen molar-refractivity contribution in [2.75, 3.05) is 26.3 Å². The zero-order chi connectivity index (χ0) is 13.0. The summed E-state index contributed by atoms with van der Waals surface area (Å²) < 4.78 is 18.2. The highest BCUT2D eigenvalue weighted by Gasteiger charge is 2.24. The van der Waals surface area contributed by atoms with E-state index in [-0.39, 0.29) is 18.3 Å². The molecular formula is C13H16FNO3. The average Bonchev–Trinajstić information content (AvgIpc) is 2.38. The normalized spacial score (nSPS) is 18.5. The van der Waals surface area contributed by atoms with Gasteiger partial charge < -0.3 is 9.84 Å². The lowest BCUT2D eigenvalue weighted by Crippen LogP contribution is -2.39. The molecule has 1 atom stereocenters. The number of carboxylic acid groups (broad SMARTS) is 1. The third-order valence-electron chi connectivity index (χ3n) is 3.11. The fourth-order valence-corrected chi connectivity index (χ4v) is 2.20. The number of rotatable bonds is 4. The minimum absolute atomic E-state index is 0.0195. The van der Waals surface area contributed by atoms with Crippen molar-refractivity contribution in [1.29, 1.82) is 0 Å². The minimum Gasteiger partial charge on any atom is -0.481 e. The number of nitrogens with zero attached hydrogens (tertiary/aromatic N) is 1. The predicted octanol–water partition coefficient (Wildman–Crippen LogP) is 1.67. The molecule has 0 aliphatic carbocycles. The van der Waals surface area contributed by atoms with Gasteiger partial charge in [-0.15, -0.1) is 0 Å². The number of ether oxygens (including phenoxy) is 1. The van der Waals surface area contributed by atoms with Gasteiger partial charge in [-0.05, 0) is 17.7 Å². The highest BCUT2D eigenvalue weighted by atomic mass is 19.1. The summed E-state index contributed by atoms with van der Waals surface area (Å²) in [6.07, 6.45) is 0.0195. The van der Waals surface area contributed by atoms with Gasteiger partial charge in [0, 0.05) is 19.1 Å². The topological polar surface area (TPSA) is 49.8 Å². The van der Waals surface area contributed by atoms with Crippen molar-refractivity contribution < 1.29 is 19.0 Å². The van der Waals surface area contributed by atoms with Crippen LogP contribution in [0.4, 0.5) is 4.39 Å². The van der Waals surface area contributed by atoms with Crippen LogP contribution in [0, 0.1) is 5.82 Å². The van der Waals surface area contributed by atoms with Crippen LogP contribution in [0.3, 0.4) is 0 Å². The zero-order valence-electron chi connectivity index (χ0n) is 10.0. The van der Waals surface area contributed by atoms with Crippen molar-refractivity contribution >= 4 is 5.97 Å². The summed E-state index contributed by atoms with van der Waals surface area (Å²) in [5.41, 5.74) is 0.834. The number of morpholine rings is 1. The molecule has 98 valence electrons. The molecule has 1 fully saturated rings. The Labute approximate surface area is 105 Å². The van der Waals surface area contributed by atoms with Gasteiger partial charge in [-0.3, -0.25) is 9.69 Å². The number of halogens is 1. The molecular weight excluding hydrogens is 237 g/mol. The van der Waals surface area contributed by atoms with Gasteiger partial charge in [0.2, 0.25) is 0 Å². The SMILES string of the molecule is O=C(O)CC(c1ccc(F)cc1)N1CCOCC1. The molecule has 2 rings (SSSR count). The average molecular weight is 253 g/mol. The standard InChI is InChI=1S/C13H16FNO3/c14-11-3-1-10(2-4-11)12(9-13(16)17)15-5-7-18-8-6-15/h1-4,12H,5-9H2,(H,16,17). The molecule has 0 spiro atoms. The second kappa shape index (κ2) is 5.93. The molecule has 18 heavy (non-hydrogen) atoms. The maximum absolute atomic E-state index is 12.9. The van der Waals surface area contributed by atoms with E-state index in [0.717, 1.165) is 5.56 Å². The van der Waals surface area contributed by atoms with Gasteiger partial charge >= 0.3 is 5.97 Å². The van der Waals surface area contributed by atoms with Gasteiger partial charge in [-0.25, -0.2) is 4.39 Å². The van der Waals surface area contributed by atoms with E-state index in [2.05, 4.69) is 4.90 Å². The number of carboxylic acids is 1. The van der Waals surface area contributed by atoms with E-state index in [1.807, 2.05) is 0 Å². The van der Waals surface area contributed by atoms with Gasteiger partial charge in [0.15, 0.2) is 0 Å². The van der Waals surface area contributed by atoms with Crippen molar-refractivity contribution in [3.63, 3.8) is 0 Å². The van der Waals surface area contributed by atoms with Crippen molar-refractivity contribution in [3.05, 3.63) is 35.6 Å². The lowest BCUT2D eigenvalue weighted by atomic mass is 10.0. The van der Waals surface area contributed by atoms with E-state index in [9.17, 15) is 9.18 Å². The molecule has 1 saturated heterocycles. The Morgan fingerprint density at radius 1 is 1.33 bits per heavy atom. The van der Waals surface area contributed by atoms with Crippen molar-refractivity contribution in [1.82, 2.24) is 4.90 Å². The van der Waals surface area contributed by atoms with Crippen LogP contribution >= 0.6 is 0 Å². The molecule has 0 bridgehead atoms. The van der Waals surface area contributed by atoms with E-state index >= 15 is 0 Å².